The van der Waals surface area contributed by atoms with Crippen LogP contribution in [-0.4, -0.2) is 51.7 Å². The maximum absolute atomic E-state index is 12.0. The third kappa shape index (κ3) is 4.05. The molecule has 2 rings (SSSR count). The van der Waals surface area contributed by atoms with E-state index >= 15 is 0 Å². The number of amides is 1. The number of benzene rings is 1. The van der Waals surface area contributed by atoms with Crippen molar-refractivity contribution < 1.29 is 13.2 Å². The molecule has 0 bridgehead atoms. The van der Waals surface area contributed by atoms with Crippen LogP contribution in [0.15, 0.2) is 29.2 Å². The van der Waals surface area contributed by atoms with Crippen LogP contribution >= 0.6 is 0 Å². The number of hydrogen-bond donors (Lipinski definition) is 1. The van der Waals surface area contributed by atoms with Gasteiger partial charge in [-0.15, -0.1) is 0 Å². The van der Waals surface area contributed by atoms with E-state index in [0.717, 1.165) is 31.7 Å². The summed E-state index contributed by atoms with van der Waals surface area (Å²) in [5.41, 5.74) is 0.987. The number of aryl methyl sites for hydroxylation is 1. The summed E-state index contributed by atoms with van der Waals surface area (Å²) in [5.74, 6) is 0.165. The van der Waals surface area contributed by atoms with Crippen LogP contribution in [0.4, 0.5) is 0 Å². The molecule has 0 unspecified atom stereocenters. The van der Waals surface area contributed by atoms with Crippen LogP contribution in [0.1, 0.15) is 12.0 Å². The molecule has 1 fully saturated rings. The molecule has 110 valence electrons. The lowest BCUT2D eigenvalue weighted by atomic mass is 10.1. The molecule has 0 spiro atoms. The molecule has 0 aliphatic carbocycles. The van der Waals surface area contributed by atoms with E-state index in [9.17, 15) is 13.2 Å². The maximum atomic E-state index is 12.0. The number of sulfone groups is 1. The van der Waals surface area contributed by atoms with E-state index < -0.39 is 9.84 Å². The van der Waals surface area contributed by atoms with E-state index in [4.69, 9.17) is 0 Å². The zero-order valence-electron chi connectivity index (χ0n) is 11.6. The predicted octanol–water partition coefficient (Wildman–Crippen LogP) is 0.455. The highest BCUT2D eigenvalue weighted by molar-refractivity contribution is 7.90. The van der Waals surface area contributed by atoms with Crippen LogP contribution in [-0.2, 0) is 21.1 Å². The Hall–Kier alpha value is -1.40. The highest BCUT2D eigenvalue weighted by atomic mass is 32.2. The number of nitrogens with one attached hydrogen (secondary N) is 1. The number of carbonyl (C=O) groups excluding carboxylic acids is 1. The standard InChI is InChI=1S/C14H20N2O3S/c1-20(18,19)13-5-2-12(3-6-13)4-7-14(17)16-10-8-15-9-11-16/h2-3,5-6,15H,4,7-11H2,1H3. The minimum atomic E-state index is -3.15. The molecule has 6 heteroatoms. The molecule has 1 aliphatic heterocycles. The van der Waals surface area contributed by atoms with E-state index in [1.165, 1.54) is 6.26 Å². The van der Waals surface area contributed by atoms with Gasteiger partial charge in [0.1, 0.15) is 0 Å². The Morgan fingerprint density at radius 3 is 2.35 bits per heavy atom. The van der Waals surface area contributed by atoms with Gasteiger partial charge in [-0.25, -0.2) is 8.42 Å². The normalized spacial score (nSPS) is 16.1. The summed E-state index contributed by atoms with van der Waals surface area (Å²) < 4.78 is 22.7. The number of rotatable bonds is 4. The van der Waals surface area contributed by atoms with Crippen LogP contribution in [0.2, 0.25) is 0 Å². The Morgan fingerprint density at radius 1 is 1.20 bits per heavy atom. The van der Waals surface area contributed by atoms with Crippen molar-refractivity contribution in [3.8, 4) is 0 Å². The smallest absolute Gasteiger partial charge is 0.222 e. The molecule has 5 nitrogen and oxygen atoms in total. The van der Waals surface area contributed by atoms with Gasteiger partial charge in [0.2, 0.25) is 5.91 Å². The largest absolute Gasteiger partial charge is 0.340 e. The lowest BCUT2D eigenvalue weighted by Gasteiger charge is -2.27. The van der Waals surface area contributed by atoms with E-state index in [-0.39, 0.29) is 5.91 Å². The van der Waals surface area contributed by atoms with Crippen molar-refractivity contribution in [3.63, 3.8) is 0 Å². The molecular formula is C14H20N2O3S. The van der Waals surface area contributed by atoms with Crippen molar-refractivity contribution in [1.82, 2.24) is 10.2 Å². The summed E-state index contributed by atoms with van der Waals surface area (Å²) in [6, 6.07) is 6.75. The van der Waals surface area contributed by atoms with Crippen LogP contribution in [0, 0.1) is 0 Å². The van der Waals surface area contributed by atoms with E-state index in [2.05, 4.69) is 5.32 Å². The Balaban J connectivity index is 1.89. The molecular weight excluding hydrogens is 276 g/mol. The van der Waals surface area contributed by atoms with Crippen LogP contribution in [0.25, 0.3) is 0 Å². The highest BCUT2D eigenvalue weighted by Crippen LogP contribution is 2.12. The molecule has 1 saturated heterocycles. The van der Waals surface area contributed by atoms with Gasteiger partial charge in [0, 0.05) is 38.9 Å². The summed E-state index contributed by atoms with van der Waals surface area (Å²) >= 11 is 0. The Kier molecular flexibility index (Phi) is 4.77. The fourth-order valence-electron chi connectivity index (χ4n) is 2.23. The summed E-state index contributed by atoms with van der Waals surface area (Å²) in [6.45, 7) is 3.25. The second-order valence-electron chi connectivity index (χ2n) is 5.05. The highest BCUT2D eigenvalue weighted by Gasteiger charge is 2.15. The van der Waals surface area contributed by atoms with Crippen molar-refractivity contribution in [2.45, 2.75) is 17.7 Å². The Morgan fingerprint density at radius 2 is 1.80 bits per heavy atom. The van der Waals surface area contributed by atoms with Crippen LogP contribution in [0.5, 0.6) is 0 Å². The monoisotopic (exact) mass is 296 g/mol. The van der Waals surface area contributed by atoms with Crippen molar-refractivity contribution in [2.75, 3.05) is 32.4 Å². The molecule has 0 atom stereocenters. The van der Waals surface area contributed by atoms with Gasteiger partial charge in [0.25, 0.3) is 0 Å². The molecule has 1 amide bonds. The first-order valence-electron chi connectivity index (χ1n) is 6.74. The van der Waals surface area contributed by atoms with Gasteiger partial charge >= 0.3 is 0 Å². The topological polar surface area (TPSA) is 66.5 Å². The first kappa shape index (κ1) is 15.0. The summed E-state index contributed by atoms with van der Waals surface area (Å²) in [6.07, 6.45) is 2.31. The zero-order valence-corrected chi connectivity index (χ0v) is 12.4. The summed E-state index contributed by atoms with van der Waals surface area (Å²) in [7, 11) is -3.15. The average Bonchev–Trinajstić information content (AvgIpc) is 2.45. The quantitative estimate of drug-likeness (QED) is 0.876. The van der Waals surface area contributed by atoms with Crippen molar-refractivity contribution in [1.29, 1.82) is 0 Å². The van der Waals surface area contributed by atoms with E-state index in [0.29, 0.717) is 17.7 Å². The van der Waals surface area contributed by atoms with Crippen LogP contribution in [0.3, 0.4) is 0 Å². The fourth-order valence-corrected chi connectivity index (χ4v) is 2.86. The first-order chi connectivity index (χ1) is 9.47. The second kappa shape index (κ2) is 6.37. The Bertz CT molecular complexity index is 561. The molecule has 1 aromatic carbocycles. The predicted molar refractivity (Wildman–Crippen MR) is 77.3 cm³/mol. The third-order valence-electron chi connectivity index (χ3n) is 3.45. The van der Waals surface area contributed by atoms with Gasteiger partial charge in [-0.1, -0.05) is 12.1 Å². The molecule has 0 aromatic heterocycles. The average molecular weight is 296 g/mol. The van der Waals surface area contributed by atoms with E-state index in [1.54, 1.807) is 24.3 Å². The summed E-state index contributed by atoms with van der Waals surface area (Å²) in [5, 5.41) is 3.21. The van der Waals surface area contributed by atoms with Gasteiger partial charge in [-0.05, 0) is 24.1 Å². The van der Waals surface area contributed by atoms with Gasteiger partial charge in [0.15, 0.2) is 9.84 Å². The number of hydrogen-bond acceptors (Lipinski definition) is 4. The van der Waals surface area contributed by atoms with Gasteiger partial charge in [-0.3, -0.25) is 4.79 Å². The zero-order chi connectivity index (χ0) is 14.6. The summed E-state index contributed by atoms with van der Waals surface area (Å²) in [4.78, 5) is 14.2. The first-order valence-corrected chi connectivity index (χ1v) is 8.63. The third-order valence-corrected chi connectivity index (χ3v) is 4.58. The Labute approximate surface area is 119 Å². The van der Waals surface area contributed by atoms with Gasteiger partial charge in [-0.2, -0.15) is 0 Å². The second-order valence-corrected chi connectivity index (χ2v) is 7.06. The molecule has 1 N–H and O–H groups in total. The molecule has 1 heterocycles. The number of piperazine rings is 1. The van der Waals surface area contributed by atoms with Crippen molar-refractivity contribution in [3.05, 3.63) is 29.8 Å². The lowest BCUT2D eigenvalue weighted by Crippen LogP contribution is -2.46. The van der Waals surface area contributed by atoms with E-state index in [1.807, 2.05) is 4.90 Å². The fraction of sp³-hybridized carbons (Fsp3) is 0.500. The van der Waals surface area contributed by atoms with Crippen LogP contribution < -0.4 is 5.32 Å². The number of nitrogens with zero attached hydrogens (tertiary/aromatic N) is 1. The molecule has 20 heavy (non-hydrogen) atoms. The maximum Gasteiger partial charge on any atom is 0.222 e. The minimum absolute atomic E-state index is 0.165. The molecule has 0 radical (unpaired) electrons. The van der Waals surface area contributed by atoms with Crippen molar-refractivity contribution >= 4 is 15.7 Å². The van der Waals surface area contributed by atoms with Gasteiger partial charge < -0.3 is 10.2 Å². The molecule has 1 aromatic rings. The lowest BCUT2D eigenvalue weighted by molar-refractivity contribution is -0.131. The SMILES string of the molecule is CS(=O)(=O)c1ccc(CCC(=O)N2CCNCC2)cc1. The molecule has 0 saturated carbocycles. The number of carbonyl (C=O) groups is 1. The molecule has 1 aliphatic rings. The van der Waals surface area contributed by atoms with Gasteiger partial charge in [0.05, 0.1) is 4.90 Å². The minimum Gasteiger partial charge on any atom is -0.340 e. The van der Waals surface area contributed by atoms with Crippen molar-refractivity contribution in [2.24, 2.45) is 0 Å².